The smallest absolute Gasteiger partial charge is 0.143 e. The number of benzene rings is 9. The molecule has 0 amide bonds. The summed E-state index contributed by atoms with van der Waals surface area (Å²) in [6, 6.07) is 61.0. The summed E-state index contributed by atoms with van der Waals surface area (Å²) in [4.78, 5) is 0. The Hall–Kier alpha value is -6.64. The molecule has 2 heterocycles. The van der Waals surface area contributed by atoms with Crippen LogP contribution < -0.4 is 0 Å². The first-order valence-electron chi connectivity index (χ1n) is 17.1. The van der Waals surface area contributed by atoms with Crippen LogP contribution in [0.25, 0.3) is 110 Å². The molecule has 2 aromatic heterocycles. The number of hydrogen-bond acceptors (Lipinski definition) is 2. The highest BCUT2D eigenvalue weighted by Crippen LogP contribution is 2.46. The second-order valence-electron chi connectivity index (χ2n) is 13.2. The average molecular weight is 637 g/mol. The van der Waals surface area contributed by atoms with E-state index in [0.717, 1.165) is 49.3 Å². The summed E-state index contributed by atoms with van der Waals surface area (Å²) < 4.78 is 12.6. The molecule has 0 aliphatic rings. The van der Waals surface area contributed by atoms with Gasteiger partial charge in [0.1, 0.15) is 22.3 Å². The maximum absolute atomic E-state index is 6.49. The van der Waals surface area contributed by atoms with E-state index in [1.807, 2.05) is 12.1 Å². The van der Waals surface area contributed by atoms with Gasteiger partial charge in [-0.1, -0.05) is 127 Å². The Morgan fingerprint density at radius 1 is 0.260 bits per heavy atom. The van der Waals surface area contributed by atoms with Gasteiger partial charge in [0.05, 0.1) is 0 Å². The Morgan fingerprint density at radius 3 is 1.50 bits per heavy atom. The quantitative estimate of drug-likeness (QED) is 0.180. The van der Waals surface area contributed by atoms with Crippen LogP contribution in [0.15, 0.2) is 179 Å². The molecule has 0 bridgehead atoms. The lowest BCUT2D eigenvalue weighted by molar-refractivity contribution is 0.669. The van der Waals surface area contributed by atoms with Crippen molar-refractivity contribution in [3.05, 3.63) is 170 Å². The summed E-state index contributed by atoms with van der Waals surface area (Å²) in [5, 5.41) is 11.8. The largest absolute Gasteiger partial charge is 0.456 e. The Labute approximate surface area is 287 Å². The van der Waals surface area contributed by atoms with E-state index in [1.165, 1.54) is 60.3 Å². The minimum absolute atomic E-state index is 0.906. The number of hydrogen-bond donors (Lipinski definition) is 0. The van der Waals surface area contributed by atoms with E-state index in [2.05, 4.69) is 158 Å². The molecule has 9 aromatic carbocycles. The van der Waals surface area contributed by atoms with Crippen LogP contribution in [0.2, 0.25) is 0 Å². The molecule has 232 valence electrons. The maximum Gasteiger partial charge on any atom is 0.143 e. The first-order valence-corrected chi connectivity index (χ1v) is 17.1. The second kappa shape index (κ2) is 10.4. The van der Waals surface area contributed by atoms with Gasteiger partial charge < -0.3 is 8.83 Å². The fourth-order valence-electron chi connectivity index (χ4n) is 8.17. The van der Waals surface area contributed by atoms with Gasteiger partial charge >= 0.3 is 0 Å². The van der Waals surface area contributed by atoms with Crippen LogP contribution in [0, 0.1) is 0 Å². The fourth-order valence-corrected chi connectivity index (χ4v) is 8.17. The van der Waals surface area contributed by atoms with Gasteiger partial charge in [0.25, 0.3) is 0 Å². The molecule has 2 nitrogen and oxygen atoms in total. The number of furan rings is 2. The zero-order valence-corrected chi connectivity index (χ0v) is 27.0. The van der Waals surface area contributed by atoms with Gasteiger partial charge in [-0.15, -0.1) is 0 Å². The molecule has 0 fully saturated rings. The maximum atomic E-state index is 6.49. The van der Waals surface area contributed by atoms with Crippen molar-refractivity contribution in [3.8, 4) is 33.4 Å². The standard InChI is InChI=1S/C48H28O2/c1-2-13-34-29(10-1)20-23-40-42-28-33(22-25-45(42)50-48(34)40)47-38-17-5-3-15-36(38)46(37-16-4-6-18-39(37)47)32-12-9-11-30(26-32)31-21-24-44-41(27-31)35-14-7-8-19-43(35)49-44/h1-28H. The molecule has 0 aliphatic carbocycles. The highest BCUT2D eigenvalue weighted by Gasteiger charge is 2.19. The Bertz CT molecular complexity index is 3100. The van der Waals surface area contributed by atoms with Crippen molar-refractivity contribution < 1.29 is 8.83 Å². The first kappa shape index (κ1) is 27.3. The van der Waals surface area contributed by atoms with Crippen molar-refractivity contribution >= 4 is 76.2 Å². The Balaban J connectivity index is 1.13. The molecule has 11 aromatic rings. The molecular formula is C48H28O2. The number of rotatable bonds is 3. The van der Waals surface area contributed by atoms with Gasteiger partial charge in [0, 0.05) is 26.9 Å². The predicted octanol–water partition coefficient (Wildman–Crippen LogP) is 13.9. The third-order valence-electron chi connectivity index (χ3n) is 10.4. The van der Waals surface area contributed by atoms with E-state index in [0.29, 0.717) is 0 Å². The van der Waals surface area contributed by atoms with Crippen molar-refractivity contribution in [2.24, 2.45) is 0 Å². The van der Waals surface area contributed by atoms with Gasteiger partial charge in [-0.3, -0.25) is 0 Å². The molecule has 0 saturated heterocycles. The molecule has 0 atom stereocenters. The van der Waals surface area contributed by atoms with Crippen LogP contribution in [-0.2, 0) is 0 Å². The lowest BCUT2D eigenvalue weighted by atomic mass is 9.85. The van der Waals surface area contributed by atoms with Gasteiger partial charge in [-0.05, 0) is 103 Å². The molecule has 50 heavy (non-hydrogen) atoms. The Morgan fingerprint density at radius 2 is 0.760 bits per heavy atom. The first-order chi connectivity index (χ1) is 24.8. The highest BCUT2D eigenvalue weighted by atomic mass is 16.3. The van der Waals surface area contributed by atoms with Gasteiger partial charge in [0.2, 0.25) is 0 Å². The van der Waals surface area contributed by atoms with Crippen LogP contribution in [0.4, 0.5) is 0 Å². The summed E-state index contributed by atoms with van der Waals surface area (Å²) in [6.45, 7) is 0. The minimum Gasteiger partial charge on any atom is -0.456 e. The molecule has 0 N–H and O–H groups in total. The zero-order valence-electron chi connectivity index (χ0n) is 27.0. The van der Waals surface area contributed by atoms with Crippen LogP contribution >= 0.6 is 0 Å². The molecule has 0 spiro atoms. The van der Waals surface area contributed by atoms with Crippen LogP contribution in [-0.4, -0.2) is 0 Å². The molecular weight excluding hydrogens is 609 g/mol. The molecule has 0 unspecified atom stereocenters. The van der Waals surface area contributed by atoms with Crippen molar-refractivity contribution in [2.75, 3.05) is 0 Å². The lowest BCUT2D eigenvalue weighted by Gasteiger charge is -2.18. The second-order valence-corrected chi connectivity index (χ2v) is 13.2. The number of fused-ring (bicyclic) bond motifs is 10. The molecule has 2 heteroatoms. The van der Waals surface area contributed by atoms with E-state index >= 15 is 0 Å². The van der Waals surface area contributed by atoms with Crippen LogP contribution in [0.1, 0.15) is 0 Å². The number of para-hydroxylation sites is 1. The van der Waals surface area contributed by atoms with E-state index in [-0.39, 0.29) is 0 Å². The molecule has 11 rings (SSSR count). The summed E-state index contributed by atoms with van der Waals surface area (Å²) in [5.74, 6) is 0. The van der Waals surface area contributed by atoms with E-state index in [9.17, 15) is 0 Å². The van der Waals surface area contributed by atoms with Crippen LogP contribution in [0.3, 0.4) is 0 Å². The van der Waals surface area contributed by atoms with Crippen molar-refractivity contribution in [1.29, 1.82) is 0 Å². The van der Waals surface area contributed by atoms with Gasteiger partial charge in [-0.2, -0.15) is 0 Å². The summed E-state index contributed by atoms with van der Waals surface area (Å²) in [5.41, 5.74) is 10.9. The monoisotopic (exact) mass is 636 g/mol. The third kappa shape index (κ3) is 3.96. The van der Waals surface area contributed by atoms with Gasteiger partial charge in [0.15, 0.2) is 0 Å². The summed E-state index contributed by atoms with van der Waals surface area (Å²) in [7, 11) is 0. The normalized spacial score (nSPS) is 12.0. The van der Waals surface area contributed by atoms with Crippen molar-refractivity contribution in [3.63, 3.8) is 0 Å². The third-order valence-corrected chi connectivity index (χ3v) is 10.4. The highest BCUT2D eigenvalue weighted by molar-refractivity contribution is 6.23. The van der Waals surface area contributed by atoms with E-state index in [1.54, 1.807) is 0 Å². The SMILES string of the molecule is c1cc(-c2ccc3oc4ccccc4c3c2)cc(-c2c3ccccc3c(-c3ccc4oc5c6ccccc6ccc5c4c3)c3ccccc23)c1. The van der Waals surface area contributed by atoms with Crippen molar-refractivity contribution in [2.45, 2.75) is 0 Å². The molecule has 0 radical (unpaired) electrons. The van der Waals surface area contributed by atoms with E-state index < -0.39 is 0 Å². The zero-order chi connectivity index (χ0) is 32.8. The summed E-state index contributed by atoms with van der Waals surface area (Å²) in [6.07, 6.45) is 0. The molecule has 0 saturated carbocycles. The topological polar surface area (TPSA) is 26.3 Å². The van der Waals surface area contributed by atoms with Gasteiger partial charge in [-0.25, -0.2) is 0 Å². The fraction of sp³-hybridized carbons (Fsp3) is 0. The van der Waals surface area contributed by atoms with Crippen LogP contribution in [0.5, 0.6) is 0 Å². The lowest BCUT2D eigenvalue weighted by Crippen LogP contribution is -1.91. The Kier molecular flexibility index (Phi) is 5.70. The van der Waals surface area contributed by atoms with Crippen molar-refractivity contribution in [1.82, 2.24) is 0 Å². The average Bonchev–Trinajstić information content (AvgIpc) is 3.75. The van der Waals surface area contributed by atoms with E-state index in [4.69, 9.17) is 8.83 Å². The molecule has 0 aliphatic heterocycles. The predicted molar refractivity (Wildman–Crippen MR) is 210 cm³/mol. The summed E-state index contributed by atoms with van der Waals surface area (Å²) >= 11 is 0. The minimum atomic E-state index is 0.906.